The predicted octanol–water partition coefficient (Wildman–Crippen LogP) is 16.3. The van der Waals surface area contributed by atoms with Crippen LogP contribution in [0.1, 0.15) is 0 Å². The molecule has 0 amide bonds. The van der Waals surface area contributed by atoms with E-state index in [-0.39, 0.29) is 0 Å². The van der Waals surface area contributed by atoms with Crippen LogP contribution in [0.4, 0.5) is 0 Å². The van der Waals surface area contributed by atoms with E-state index in [1.165, 1.54) is 96.6 Å². The Hall–Kier alpha value is -7.20. The quantitative estimate of drug-likeness (QED) is 0.169. The number of benzene rings is 10. The topological polar surface area (TPSA) is 26.3 Å². The third-order valence-electron chi connectivity index (χ3n) is 12.0. The van der Waals surface area contributed by atoms with Gasteiger partial charge in [0.25, 0.3) is 0 Å². The van der Waals surface area contributed by atoms with Crippen LogP contribution in [0.3, 0.4) is 0 Å². The first-order valence-corrected chi connectivity index (χ1v) is 20.2. The van der Waals surface area contributed by atoms with Crippen molar-refractivity contribution in [1.29, 1.82) is 0 Å². The lowest BCUT2D eigenvalue weighted by Gasteiger charge is -2.18. The molecule has 0 spiro atoms. The highest BCUT2D eigenvalue weighted by atomic mass is 32.1. The van der Waals surface area contributed by atoms with Crippen LogP contribution in [-0.4, -0.2) is 0 Å². The van der Waals surface area contributed by atoms with Gasteiger partial charge in [0, 0.05) is 41.7 Å². The van der Waals surface area contributed by atoms with Gasteiger partial charge in [-0.1, -0.05) is 127 Å². The molecule has 0 unspecified atom stereocenters. The Balaban J connectivity index is 0.928. The fourth-order valence-corrected chi connectivity index (χ4v) is 10.5. The predicted molar refractivity (Wildman–Crippen MR) is 243 cm³/mol. The van der Waals surface area contributed by atoms with Crippen LogP contribution in [-0.2, 0) is 0 Å². The number of hydrogen-bond donors (Lipinski definition) is 0. The number of thiophene rings is 1. The van der Waals surface area contributed by atoms with Gasteiger partial charge >= 0.3 is 0 Å². The van der Waals surface area contributed by atoms with Crippen molar-refractivity contribution in [3.63, 3.8) is 0 Å². The average Bonchev–Trinajstić information content (AvgIpc) is 3.94. The second-order valence-corrected chi connectivity index (χ2v) is 16.3. The summed E-state index contributed by atoms with van der Waals surface area (Å²) >= 11 is 1.86. The molecule has 3 heterocycles. The van der Waals surface area contributed by atoms with Gasteiger partial charge in [0.2, 0.25) is 0 Å². The molecule has 264 valence electrons. The number of fused-ring (bicyclic) bond motifs is 12. The zero-order valence-corrected chi connectivity index (χ0v) is 31.4. The van der Waals surface area contributed by atoms with Gasteiger partial charge in [-0.25, -0.2) is 0 Å². The van der Waals surface area contributed by atoms with Crippen LogP contribution >= 0.6 is 11.3 Å². The highest BCUT2D eigenvalue weighted by Crippen LogP contribution is 2.46. The van der Waals surface area contributed by atoms with Crippen LogP contribution in [0.5, 0.6) is 0 Å². The van der Waals surface area contributed by atoms with Gasteiger partial charge in [0.05, 0.1) is 0 Å². The lowest BCUT2D eigenvalue weighted by Crippen LogP contribution is -1.91. The molecule has 10 aromatic carbocycles. The minimum atomic E-state index is 0.912. The maximum absolute atomic E-state index is 6.28. The lowest BCUT2D eigenvalue weighted by molar-refractivity contribution is 0.669. The maximum Gasteiger partial charge on any atom is 0.136 e. The van der Waals surface area contributed by atoms with Crippen molar-refractivity contribution < 1.29 is 8.83 Å². The van der Waals surface area contributed by atoms with Gasteiger partial charge in [0.1, 0.15) is 22.3 Å². The van der Waals surface area contributed by atoms with Crippen molar-refractivity contribution in [1.82, 2.24) is 0 Å². The monoisotopic (exact) mass is 742 g/mol. The smallest absolute Gasteiger partial charge is 0.136 e. The molecular weight excluding hydrogens is 713 g/mol. The zero-order valence-electron chi connectivity index (χ0n) is 30.5. The summed E-state index contributed by atoms with van der Waals surface area (Å²) in [6, 6.07) is 66.3. The van der Waals surface area contributed by atoms with E-state index in [1.807, 2.05) is 29.5 Å². The lowest BCUT2D eigenvalue weighted by atomic mass is 9.85. The molecule has 0 fully saturated rings. The standard InChI is InChI=1S/C54H30O2S/c1-3-13-41-39(11-1)53(40-12-2-4-14-42(40)54(41)35-23-24-49-43(26-35)37-9-5-7-15-47(37)55-49)32-19-17-31(18-20-32)33-21-22-34-28-51-45(27-36(34)25-33)46-29-50-44(30-52(46)57-51)38-10-6-8-16-48(38)56-50/h1-30H. The van der Waals surface area contributed by atoms with E-state index < -0.39 is 0 Å². The highest BCUT2D eigenvalue weighted by molar-refractivity contribution is 7.26. The maximum atomic E-state index is 6.28. The first-order chi connectivity index (χ1) is 28.2. The second kappa shape index (κ2) is 11.7. The van der Waals surface area contributed by atoms with Crippen molar-refractivity contribution in [2.24, 2.45) is 0 Å². The number of para-hydroxylation sites is 2. The minimum Gasteiger partial charge on any atom is -0.456 e. The van der Waals surface area contributed by atoms with Crippen LogP contribution in [0.25, 0.3) is 130 Å². The number of rotatable bonds is 3. The largest absolute Gasteiger partial charge is 0.456 e. The van der Waals surface area contributed by atoms with Crippen molar-refractivity contribution in [3.05, 3.63) is 182 Å². The zero-order chi connectivity index (χ0) is 37.2. The van der Waals surface area contributed by atoms with E-state index in [9.17, 15) is 0 Å². The third-order valence-corrected chi connectivity index (χ3v) is 13.1. The van der Waals surface area contributed by atoms with Crippen LogP contribution in [0.2, 0.25) is 0 Å². The molecule has 2 nitrogen and oxygen atoms in total. The SMILES string of the molecule is c1ccc2c(c1)oc1ccc(-c3c4ccccc4c(-c4ccc(-c5ccc6cc7sc8cc9c(cc8c7cc6c5)oc5ccccc59)cc4)c4ccccc34)cc12. The Bertz CT molecular complexity index is 3750. The summed E-state index contributed by atoms with van der Waals surface area (Å²) in [5, 5.41) is 14.6. The van der Waals surface area contributed by atoms with Crippen molar-refractivity contribution in [2.75, 3.05) is 0 Å². The Morgan fingerprint density at radius 1 is 0.263 bits per heavy atom. The Labute approximate surface area is 330 Å². The molecule has 0 saturated heterocycles. The summed E-state index contributed by atoms with van der Waals surface area (Å²) in [5.41, 5.74) is 11.0. The third kappa shape index (κ3) is 4.58. The normalized spacial score (nSPS) is 12.2. The summed E-state index contributed by atoms with van der Waals surface area (Å²) < 4.78 is 15.1. The summed E-state index contributed by atoms with van der Waals surface area (Å²) in [7, 11) is 0. The van der Waals surface area contributed by atoms with Crippen molar-refractivity contribution in [2.45, 2.75) is 0 Å². The van der Waals surface area contributed by atoms with Gasteiger partial charge in [0.15, 0.2) is 0 Å². The van der Waals surface area contributed by atoms with E-state index in [0.717, 1.165) is 33.1 Å². The Morgan fingerprint density at radius 2 is 0.754 bits per heavy atom. The number of furan rings is 2. The molecule has 0 N–H and O–H groups in total. The Morgan fingerprint density at radius 3 is 1.44 bits per heavy atom. The van der Waals surface area contributed by atoms with Crippen molar-refractivity contribution in [3.8, 4) is 33.4 Å². The molecule has 13 rings (SSSR count). The average molecular weight is 743 g/mol. The molecular formula is C54H30O2S. The Kier molecular flexibility index (Phi) is 6.35. The second-order valence-electron chi connectivity index (χ2n) is 15.2. The van der Waals surface area contributed by atoms with E-state index in [0.29, 0.717) is 0 Å². The molecule has 3 heteroatoms. The minimum absolute atomic E-state index is 0.912. The summed E-state index contributed by atoms with van der Waals surface area (Å²) in [4.78, 5) is 0. The highest BCUT2D eigenvalue weighted by Gasteiger charge is 2.18. The first-order valence-electron chi connectivity index (χ1n) is 19.4. The molecule has 0 saturated carbocycles. The fourth-order valence-electron chi connectivity index (χ4n) is 9.38. The number of hydrogen-bond acceptors (Lipinski definition) is 3. The summed E-state index contributed by atoms with van der Waals surface area (Å²) in [6.07, 6.45) is 0. The van der Waals surface area contributed by atoms with Gasteiger partial charge in [-0.2, -0.15) is 0 Å². The summed E-state index contributed by atoms with van der Waals surface area (Å²) in [6.45, 7) is 0. The van der Waals surface area contributed by atoms with E-state index in [1.54, 1.807) is 0 Å². The molecule has 57 heavy (non-hydrogen) atoms. The van der Waals surface area contributed by atoms with Crippen molar-refractivity contribution >= 4 is 108 Å². The molecule has 0 radical (unpaired) electrons. The van der Waals surface area contributed by atoms with Gasteiger partial charge in [-0.15, -0.1) is 11.3 Å². The van der Waals surface area contributed by atoms with Gasteiger partial charge in [-0.05, 0) is 120 Å². The molecule has 0 bridgehead atoms. The molecule has 0 atom stereocenters. The fraction of sp³-hybridized carbons (Fsp3) is 0. The molecule has 0 aliphatic heterocycles. The molecule has 0 aliphatic rings. The molecule has 3 aromatic heterocycles. The van der Waals surface area contributed by atoms with Crippen LogP contribution in [0.15, 0.2) is 191 Å². The van der Waals surface area contributed by atoms with E-state index in [4.69, 9.17) is 8.83 Å². The summed E-state index contributed by atoms with van der Waals surface area (Å²) in [5.74, 6) is 0. The van der Waals surface area contributed by atoms with Crippen LogP contribution < -0.4 is 0 Å². The first kappa shape index (κ1) is 31.1. The van der Waals surface area contributed by atoms with Crippen LogP contribution in [0, 0.1) is 0 Å². The van der Waals surface area contributed by atoms with Gasteiger partial charge in [-0.3, -0.25) is 0 Å². The van der Waals surface area contributed by atoms with Gasteiger partial charge < -0.3 is 8.83 Å². The molecule has 0 aliphatic carbocycles. The molecule has 13 aromatic rings. The van der Waals surface area contributed by atoms with E-state index in [2.05, 4.69) is 164 Å². The van der Waals surface area contributed by atoms with E-state index >= 15 is 0 Å².